The third kappa shape index (κ3) is 3.63. The fourth-order valence-electron chi connectivity index (χ4n) is 1.95. The molecule has 6 nitrogen and oxygen atoms in total. The van der Waals surface area contributed by atoms with E-state index in [4.69, 9.17) is 9.88 Å². The number of ether oxygens (including phenoxy) is 1. The second-order valence-electron chi connectivity index (χ2n) is 4.71. The first-order valence-corrected chi connectivity index (χ1v) is 7.95. The van der Waals surface area contributed by atoms with Crippen molar-refractivity contribution in [3.8, 4) is 5.75 Å². The number of benzene rings is 2. The molecular formula is C15H16N2O4S. The first-order valence-electron chi connectivity index (χ1n) is 6.40. The van der Waals surface area contributed by atoms with Crippen molar-refractivity contribution in [2.45, 2.75) is 11.8 Å². The number of carbonyl (C=O) groups excluding carboxylic acids is 1. The number of amides is 1. The number of hydrogen-bond donors (Lipinski definition) is 2. The third-order valence-electron chi connectivity index (χ3n) is 3.08. The molecule has 22 heavy (non-hydrogen) atoms. The van der Waals surface area contributed by atoms with E-state index in [-0.39, 0.29) is 10.8 Å². The van der Waals surface area contributed by atoms with E-state index in [0.29, 0.717) is 22.6 Å². The predicted octanol–water partition coefficient (Wildman–Crippen LogP) is 1.90. The van der Waals surface area contributed by atoms with Crippen LogP contribution in [0, 0.1) is 6.92 Å². The minimum absolute atomic E-state index is 0.0176. The SMILES string of the molecule is COc1cccc(C(=O)Nc2ccc(C)c(S(N)(=O)=O)c2)c1. The number of carbonyl (C=O) groups is 1. The van der Waals surface area contributed by atoms with Gasteiger partial charge in [-0.15, -0.1) is 0 Å². The van der Waals surface area contributed by atoms with Crippen molar-refractivity contribution < 1.29 is 17.9 Å². The molecule has 2 aromatic rings. The van der Waals surface area contributed by atoms with E-state index in [0.717, 1.165) is 0 Å². The quantitative estimate of drug-likeness (QED) is 0.899. The van der Waals surface area contributed by atoms with Gasteiger partial charge in [0.05, 0.1) is 12.0 Å². The van der Waals surface area contributed by atoms with Crippen LogP contribution in [0.1, 0.15) is 15.9 Å². The van der Waals surface area contributed by atoms with Gasteiger partial charge in [0.1, 0.15) is 5.75 Å². The van der Waals surface area contributed by atoms with Crippen LogP contribution < -0.4 is 15.2 Å². The van der Waals surface area contributed by atoms with Gasteiger partial charge in [-0.05, 0) is 42.8 Å². The molecule has 0 aromatic heterocycles. The Morgan fingerprint density at radius 1 is 1.18 bits per heavy atom. The summed E-state index contributed by atoms with van der Waals surface area (Å²) in [7, 11) is -2.33. The van der Waals surface area contributed by atoms with E-state index in [1.54, 1.807) is 43.3 Å². The molecule has 0 atom stereocenters. The van der Waals surface area contributed by atoms with Gasteiger partial charge in [0.2, 0.25) is 10.0 Å². The van der Waals surface area contributed by atoms with Gasteiger partial charge < -0.3 is 10.1 Å². The second kappa shape index (κ2) is 6.17. The van der Waals surface area contributed by atoms with Gasteiger partial charge in [0.25, 0.3) is 5.91 Å². The minimum atomic E-state index is -3.84. The zero-order valence-corrected chi connectivity index (χ0v) is 13.0. The molecule has 3 N–H and O–H groups in total. The Kier molecular flexibility index (Phi) is 4.48. The zero-order chi connectivity index (χ0) is 16.3. The lowest BCUT2D eigenvalue weighted by Gasteiger charge is -2.09. The predicted molar refractivity (Wildman–Crippen MR) is 83.5 cm³/mol. The van der Waals surface area contributed by atoms with E-state index in [1.807, 2.05) is 0 Å². The van der Waals surface area contributed by atoms with E-state index >= 15 is 0 Å². The summed E-state index contributed by atoms with van der Waals surface area (Å²) in [6.07, 6.45) is 0. The highest BCUT2D eigenvalue weighted by Gasteiger charge is 2.14. The number of aryl methyl sites for hydroxylation is 1. The van der Waals surface area contributed by atoms with Crippen molar-refractivity contribution in [3.63, 3.8) is 0 Å². The van der Waals surface area contributed by atoms with Crippen LogP contribution in [0.15, 0.2) is 47.4 Å². The number of sulfonamides is 1. The van der Waals surface area contributed by atoms with Crippen molar-refractivity contribution in [1.82, 2.24) is 0 Å². The number of nitrogens with one attached hydrogen (secondary N) is 1. The standard InChI is InChI=1S/C15H16N2O4S/c1-10-6-7-12(9-14(10)22(16,19)20)17-15(18)11-4-3-5-13(8-11)21-2/h3-9H,1-2H3,(H,17,18)(H2,16,19,20). The number of rotatable bonds is 4. The first-order chi connectivity index (χ1) is 10.3. The van der Waals surface area contributed by atoms with Crippen LogP contribution in [-0.4, -0.2) is 21.4 Å². The molecule has 1 amide bonds. The maximum absolute atomic E-state index is 12.2. The second-order valence-corrected chi connectivity index (χ2v) is 6.24. The highest BCUT2D eigenvalue weighted by Crippen LogP contribution is 2.20. The largest absolute Gasteiger partial charge is 0.497 e. The van der Waals surface area contributed by atoms with Crippen LogP contribution in [-0.2, 0) is 10.0 Å². The summed E-state index contributed by atoms with van der Waals surface area (Å²) < 4.78 is 28.0. The van der Waals surface area contributed by atoms with Crippen molar-refractivity contribution in [3.05, 3.63) is 53.6 Å². The number of primary sulfonamides is 1. The highest BCUT2D eigenvalue weighted by molar-refractivity contribution is 7.89. The van der Waals surface area contributed by atoms with Crippen LogP contribution in [0.25, 0.3) is 0 Å². The molecule has 0 heterocycles. The van der Waals surface area contributed by atoms with Crippen molar-refractivity contribution in [2.75, 3.05) is 12.4 Å². The van der Waals surface area contributed by atoms with E-state index < -0.39 is 10.0 Å². The monoisotopic (exact) mass is 320 g/mol. The molecule has 0 saturated heterocycles. The number of hydrogen-bond acceptors (Lipinski definition) is 4. The zero-order valence-electron chi connectivity index (χ0n) is 12.2. The summed E-state index contributed by atoms with van der Waals surface area (Å²) in [4.78, 5) is 12.2. The maximum atomic E-state index is 12.2. The maximum Gasteiger partial charge on any atom is 0.255 e. The molecule has 0 aliphatic rings. The molecule has 0 saturated carbocycles. The molecule has 0 aliphatic heterocycles. The summed E-state index contributed by atoms with van der Waals surface area (Å²) in [5.41, 5.74) is 1.27. The molecular weight excluding hydrogens is 304 g/mol. The average Bonchev–Trinajstić information content (AvgIpc) is 2.48. The summed E-state index contributed by atoms with van der Waals surface area (Å²) in [5, 5.41) is 7.78. The molecule has 0 bridgehead atoms. The number of nitrogens with two attached hydrogens (primary N) is 1. The number of anilines is 1. The average molecular weight is 320 g/mol. The summed E-state index contributed by atoms with van der Waals surface area (Å²) in [6.45, 7) is 1.63. The molecule has 0 aliphatic carbocycles. The Labute approximate surface area is 129 Å². The molecule has 0 fully saturated rings. The lowest BCUT2D eigenvalue weighted by molar-refractivity contribution is 0.102. The topological polar surface area (TPSA) is 98.5 Å². The molecule has 2 aromatic carbocycles. The number of methoxy groups -OCH3 is 1. The van der Waals surface area contributed by atoms with Crippen LogP contribution in [0.3, 0.4) is 0 Å². The molecule has 2 rings (SSSR count). The molecule has 116 valence electrons. The molecule has 0 radical (unpaired) electrons. The Morgan fingerprint density at radius 3 is 2.55 bits per heavy atom. The van der Waals surface area contributed by atoms with Crippen LogP contribution in [0.5, 0.6) is 5.75 Å². The van der Waals surface area contributed by atoms with Crippen molar-refractivity contribution in [1.29, 1.82) is 0 Å². The van der Waals surface area contributed by atoms with Crippen LogP contribution >= 0.6 is 0 Å². The first kappa shape index (κ1) is 16.0. The Hall–Kier alpha value is -2.38. The van der Waals surface area contributed by atoms with E-state index in [1.165, 1.54) is 13.2 Å². The molecule has 7 heteroatoms. The molecule has 0 spiro atoms. The van der Waals surface area contributed by atoms with Gasteiger partial charge in [-0.3, -0.25) is 4.79 Å². The normalized spacial score (nSPS) is 11.0. The minimum Gasteiger partial charge on any atom is -0.497 e. The van der Waals surface area contributed by atoms with Gasteiger partial charge in [0.15, 0.2) is 0 Å². The Bertz CT molecular complexity index is 816. The van der Waals surface area contributed by atoms with Gasteiger partial charge in [-0.25, -0.2) is 13.6 Å². The third-order valence-corrected chi connectivity index (χ3v) is 4.14. The fraction of sp³-hybridized carbons (Fsp3) is 0.133. The summed E-state index contributed by atoms with van der Waals surface area (Å²) in [6, 6.07) is 11.2. The van der Waals surface area contributed by atoms with Gasteiger partial charge in [0, 0.05) is 11.3 Å². The van der Waals surface area contributed by atoms with Gasteiger partial charge >= 0.3 is 0 Å². The lowest BCUT2D eigenvalue weighted by Crippen LogP contribution is -2.16. The van der Waals surface area contributed by atoms with Crippen LogP contribution in [0.4, 0.5) is 5.69 Å². The molecule has 0 unspecified atom stereocenters. The van der Waals surface area contributed by atoms with E-state index in [2.05, 4.69) is 5.32 Å². The Balaban J connectivity index is 2.29. The lowest BCUT2D eigenvalue weighted by atomic mass is 10.2. The van der Waals surface area contributed by atoms with Gasteiger partial charge in [-0.2, -0.15) is 0 Å². The highest BCUT2D eigenvalue weighted by atomic mass is 32.2. The summed E-state index contributed by atoms with van der Waals surface area (Å²) >= 11 is 0. The smallest absolute Gasteiger partial charge is 0.255 e. The Morgan fingerprint density at radius 2 is 1.91 bits per heavy atom. The fourth-order valence-corrected chi connectivity index (χ4v) is 2.76. The van der Waals surface area contributed by atoms with E-state index in [9.17, 15) is 13.2 Å². The van der Waals surface area contributed by atoms with Gasteiger partial charge in [-0.1, -0.05) is 12.1 Å². The van der Waals surface area contributed by atoms with Crippen molar-refractivity contribution in [2.24, 2.45) is 5.14 Å². The van der Waals surface area contributed by atoms with Crippen LogP contribution in [0.2, 0.25) is 0 Å². The van der Waals surface area contributed by atoms with Crippen molar-refractivity contribution >= 4 is 21.6 Å². The summed E-state index contributed by atoms with van der Waals surface area (Å²) in [5.74, 6) is 0.185.